The zero-order valence-electron chi connectivity index (χ0n) is 13.0. The third kappa shape index (κ3) is 7.11. The van der Waals surface area contributed by atoms with E-state index in [4.69, 9.17) is 16.3 Å². The van der Waals surface area contributed by atoms with Crippen molar-refractivity contribution in [3.05, 3.63) is 21.3 Å². The van der Waals surface area contributed by atoms with Gasteiger partial charge in [0.1, 0.15) is 0 Å². The Morgan fingerprint density at radius 3 is 2.71 bits per heavy atom. The van der Waals surface area contributed by atoms with Crippen LogP contribution >= 0.6 is 34.7 Å². The highest BCUT2D eigenvalue weighted by atomic mass is 35.5. The van der Waals surface area contributed by atoms with Crippen molar-refractivity contribution in [2.75, 3.05) is 12.4 Å². The SMILES string of the molecule is O=C(COC(=O)CSCc1ccc(Cl)s1)NC(=O)NC1CCCC1. The number of hydrogen-bond donors (Lipinski definition) is 2. The Bertz CT molecular complexity index is 588. The number of esters is 1. The molecule has 0 radical (unpaired) electrons. The third-order valence-corrected chi connectivity index (χ3v) is 5.77. The number of urea groups is 1. The molecular formula is C15H19ClN2O4S2. The van der Waals surface area contributed by atoms with E-state index in [-0.39, 0.29) is 11.8 Å². The normalized spacial score (nSPS) is 14.4. The molecule has 9 heteroatoms. The van der Waals surface area contributed by atoms with Gasteiger partial charge in [0.25, 0.3) is 5.91 Å². The van der Waals surface area contributed by atoms with Gasteiger partial charge in [-0.2, -0.15) is 0 Å². The number of halogens is 1. The molecule has 0 saturated heterocycles. The molecule has 24 heavy (non-hydrogen) atoms. The van der Waals surface area contributed by atoms with Crippen molar-refractivity contribution in [1.29, 1.82) is 0 Å². The molecule has 1 saturated carbocycles. The maximum absolute atomic E-state index is 11.6. The van der Waals surface area contributed by atoms with Gasteiger partial charge >= 0.3 is 12.0 Å². The Labute approximate surface area is 153 Å². The topological polar surface area (TPSA) is 84.5 Å². The van der Waals surface area contributed by atoms with Crippen LogP contribution in [0.1, 0.15) is 30.6 Å². The minimum Gasteiger partial charge on any atom is -0.455 e. The van der Waals surface area contributed by atoms with Gasteiger partial charge in [-0.15, -0.1) is 23.1 Å². The van der Waals surface area contributed by atoms with E-state index in [1.54, 1.807) is 6.07 Å². The summed E-state index contributed by atoms with van der Waals surface area (Å²) in [6.07, 6.45) is 4.05. The number of nitrogens with one attached hydrogen (secondary N) is 2. The molecule has 0 atom stereocenters. The van der Waals surface area contributed by atoms with E-state index in [2.05, 4.69) is 10.6 Å². The molecule has 1 aliphatic rings. The molecule has 2 rings (SSSR count). The molecule has 0 aromatic carbocycles. The maximum atomic E-state index is 11.6. The minimum absolute atomic E-state index is 0.127. The highest BCUT2D eigenvalue weighted by Crippen LogP contribution is 2.25. The summed E-state index contributed by atoms with van der Waals surface area (Å²) in [6, 6.07) is 3.30. The smallest absolute Gasteiger partial charge is 0.321 e. The van der Waals surface area contributed by atoms with Gasteiger partial charge in [0, 0.05) is 16.7 Å². The lowest BCUT2D eigenvalue weighted by Gasteiger charge is -2.12. The quantitative estimate of drug-likeness (QED) is 0.699. The zero-order valence-corrected chi connectivity index (χ0v) is 15.4. The summed E-state index contributed by atoms with van der Waals surface area (Å²) in [5, 5.41) is 4.89. The van der Waals surface area contributed by atoms with Crippen LogP contribution < -0.4 is 10.6 Å². The maximum Gasteiger partial charge on any atom is 0.321 e. The van der Waals surface area contributed by atoms with Crippen LogP contribution in [0, 0.1) is 0 Å². The van der Waals surface area contributed by atoms with Crippen molar-refractivity contribution < 1.29 is 19.1 Å². The molecule has 2 N–H and O–H groups in total. The van der Waals surface area contributed by atoms with Gasteiger partial charge in [0.15, 0.2) is 6.61 Å². The lowest BCUT2D eigenvalue weighted by atomic mass is 10.2. The zero-order chi connectivity index (χ0) is 17.4. The monoisotopic (exact) mass is 390 g/mol. The van der Waals surface area contributed by atoms with Crippen LogP contribution in [0.25, 0.3) is 0 Å². The van der Waals surface area contributed by atoms with E-state index in [0.717, 1.165) is 30.6 Å². The molecule has 0 spiro atoms. The lowest BCUT2D eigenvalue weighted by Crippen LogP contribution is -2.45. The minimum atomic E-state index is -0.631. The number of carbonyl (C=O) groups excluding carboxylic acids is 3. The molecule has 132 valence electrons. The molecule has 0 bridgehead atoms. The molecule has 0 aliphatic heterocycles. The van der Waals surface area contributed by atoms with E-state index in [1.807, 2.05) is 6.07 Å². The summed E-state index contributed by atoms with van der Waals surface area (Å²) in [7, 11) is 0. The van der Waals surface area contributed by atoms with Crippen LogP contribution in [-0.2, 0) is 20.1 Å². The number of thiophene rings is 1. The van der Waals surface area contributed by atoms with Gasteiger partial charge in [-0.1, -0.05) is 24.4 Å². The largest absolute Gasteiger partial charge is 0.455 e. The number of hydrogen-bond acceptors (Lipinski definition) is 6. The summed E-state index contributed by atoms with van der Waals surface area (Å²) in [4.78, 5) is 35.8. The standard InChI is InChI=1S/C15H19ClN2O4S2/c16-12-6-5-11(24-12)8-23-9-14(20)22-7-13(19)18-15(21)17-10-3-1-2-4-10/h5-6,10H,1-4,7-9H2,(H2,17,18,19,21). The number of amides is 3. The second-order valence-corrected chi connectivity index (χ2v) is 8.15. The number of rotatable bonds is 7. The molecule has 0 unspecified atom stereocenters. The summed E-state index contributed by atoms with van der Waals surface area (Å²) in [5.74, 6) is -0.331. The van der Waals surface area contributed by atoms with E-state index in [0.29, 0.717) is 10.1 Å². The van der Waals surface area contributed by atoms with Gasteiger partial charge in [0.05, 0.1) is 10.1 Å². The van der Waals surface area contributed by atoms with Gasteiger partial charge in [0.2, 0.25) is 0 Å². The Balaban J connectivity index is 1.55. The number of imide groups is 1. The Morgan fingerprint density at radius 1 is 1.29 bits per heavy atom. The molecule has 3 amide bonds. The Hall–Kier alpha value is -1.25. The van der Waals surface area contributed by atoms with Crippen molar-refractivity contribution in [3.63, 3.8) is 0 Å². The molecule has 1 aromatic heterocycles. The Kier molecular flexibility index (Phi) is 7.87. The first kappa shape index (κ1) is 19.1. The van der Waals surface area contributed by atoms with E-state index in [1.165, 1.54) is 23.1 Å². The molecule has 1 aliphatic carbocycles. The van der Waals surface area contributed by atoms with Crippen LogP contribution in [0.4, 0.5) is 4.79 Å². The third-order valence-electron chi connectivity index (χ3n) is 3.40. The summed E-state index contributed by atoms with van der Waals surface area (Å²) < 4.78 is 5.55. The number of ether oxygens (including phenoxy) is 1. The van der Waals surface area contributed by atoms with Gasteiger partial charge in [-0.05, 0) is 25.0 Å². The molecule has 1 heterocycles. The highest BCUT2D eigenvalue weighted by Gasteiger charge is 2.18. The van der Waals surface area contributed by atoms with Crippen molar-refractivity contribution in [3.8, 4) is 0 Å². The second kappa shape index (κ2) is 9.90. The lowest BCUT2D eigenvalue weighted by molar-refractivity contribution is -0.145. The average Bonchev–Trinajstić information content (AvgIpc) is 3.17. The molecular weight excluding hydrogens is 372 g/mol. The Morgan fingerprint density at radius 2 is 2.04 bits per heavy atom. The first-order valence-electron chi connectivity index (χ1n) is 7.61. The van der Waals surface area contributed by atoms with Gasteiger partial charge < -0.3 is 10.1 Å². The van der Waals surface area contributed by atoms with E-state index < -0.39 is 24.5 Å². The molecule has 1 aromatic rings. The first-order chi connectivity index (χ1) is 11.5. The van der Waals surface area contributed by atoms with Crippen molar-refractivity contribution in [2.45, 2.75) is 37.5 Å². The van der Waals surface area contributed by atoms with Crippen LogP contribution in [0.2, 0.25) is 4.34 Å². The fourth-order valence-corrected chi connectivity index (χ4v) is 4.32. The number of carbonyl (C=O) groups is 3. The van der Waals surface area contributed by atoms with Crippen LogP contribution in [0.5, 0.6) is 0 Å². The van der Waals surface area contributed by atoms with E-state index >= 15 is 0 Å². The van der Waals surface area contributed by atoms with Crippen LogP contribution in [0.15, 0.2) is 12.1 Å². The highest BCUT2D eigenvalue weighted by molar-refractivity contribution is 7.99. The van der Waals surface area contributed by atoms with Crippen molar-refractivity contribution in [1.82, 2.24) is 10.6 Å². The van der Waals surface area contributed by atoms with Crippen molar-refractivity contribution >= 4 is 52.6 Å². The van der Waals surface area contributed by atoms with Gasteiger partial charge in [-0.3, -0.25) is 14.9 Å². The van der Waals surface area contributed by atoms with Gasteiger partial charge in [-0.25, -0.2) is 4.79 Å². The predicted octanol–water partition coefficient (Wildman–Crippen LogP) is 2.95. The molecule has 6 nitrogen and oxygen atoms in total. The van der Waals surface area contributed by atoms with Crippen molar-refractivity contribution in [2.24, 2.45) is 0 Å². The average molecular weight is 391 g/mol. The summed E-state index contributed by atoms with van der Waals surface area (Å²) >= 11 is 8.66. The fraction of sp³-hybridized carbons (Fsp3) is 0.533. The second-order valence-electron chi connectivity index (χ2n) is 5.36. The molecule has 1 fully saturated rings. The predicted molar refractivity (Wildman–Crippen MR) is 95.4 cm³/mol. The van der Waals surface area contributed by atoms with E-state index in [9.17, 15) is 14.4 Å². The number of thioether (sulfide) groups is 1. The summed E-state index contributed by atoms with van der Waals surface area (Å²) in [5.41, 5.74) is 0. The first-order valence-corrected chi connectivity index (χ1v) is 9.96. The van der Waals surface area contributed by atoms with Crippen LogP contribution in [0.3, 0.4) is 0 Å². The summed E-state index contributed by atoms with van der Waals surface area (Å²) in [6.45, 7) is -0.456. The van der Waals surface area contributed by atoms with Crippen LogP contribution in [-0.4, -0.2) is 36.3 Å². The fourth-order valence-electron chi connectivity index (χ4n) is 2.31.